The molecule has 5 nitrogen and oxygen atoms in total. The zero-order valence-electron chi connectivity index (χ0n) is 12.9. The van der Waals surface area contributed by atoms with E-state index >= 15 is 0 Å². The highest BCUT2D eigenvalue weighted by Gasteiger charge is 2.00. The first-order valence-corrected chi connectivity index (χ1v) is 7.54. The maximum atomic E-state index is 11.8. The molecular weight excluding hydrogens is 302 g/mol. The number of hydrazone groups is 1. The third kappa shape index (κ3) is 4.10. The zero-order chi connectivity index (χ0) is 16.8. The first-order valence-electron chi connectivity index (χ1n) is 7.54. The van der Waals surface area contributed by atoms with Crippen LogP contribution >= 0.6 is 0 Å². The molecular formula is C19H17N3O2. The van der Waals surface area contributed by atoms with Gasteiger partial charge in [-0.3, -0.25) is 4.79 Å². The first-order chi connectivity index (χ1) is 11.7. The minimum Gasteiger partial charge on any atom is -0.508 e. The summed E-state index contributed by atoms with van der Waals surface area (Å²) in [5.74, 6) is -0.0473. The van der Waals surface area contributed by atoms with E-state index < -0.39 is 0 Å². The minimum absolute atomic E-state index is 0.130. The lowest BCUT2D eigenvalue weighted by atomic mass is 10.1. The number of aromatic hydroxyl groups is 1. The van der Waals surface area contributed by atoms with Gasteiger partial charge in [-0.15, -0.1) is 0 Å². The summed E-state index contributed by atoms with van der Waals surface area (Å²) in [5.41, 5.74) is 4.13. The van der Waals surface area contributed by atoms with Gasteiger partial charge in [-0.25, -0.2) is 5.43 Å². The summed E-state index contributed by atoms with van der Waals surface area (Å²) in [6.45, 7) is 0.130. The van der Waals surface area contributed by atoms with E-state index in [1.165, 1.54) is 6.21 Å². The van der Waals surface area contributed by atoms with Gasteiger partial charge in [0.15, 0.2) is 0 Å². The maximum Gasteiger partial charge on any atom is 0.259 e. The molecule has 0 spiro atoms. The van der Waals surface area contributed by atoms with Crippen molar-refractivity contribution in [2.75, 3.05) is 11.9 Å². The van der Waals surface area contributed by atoms with Gasteiger partial charge in [0.05, 0.1) is 12.8 Å². The van der Waals surface area contributed by atoms with E-state index in [-0.39, 0.29) is 18.2 Å². The van der Waals surface area contributed by atoms with Crippen molar-refractivity contribution in [3.05, 3.63) is 72.3 Å². The molecule has 5 heteroatoms. The molecule has 0 saturated carbocycles. The lowest BCUT2D eigenvalue weighted by Crippen LogP contribution is -2.25. The van der Waals surface area contributed by atoms with Gasteiger partial charge in [0.25, 0.3) is 5.91 Å². The van der Waals surface area contributed by atoms with Crippen molar-refractivity contribution in [1.82, 2.24) is 5.43 Å². The van der Waals surface area contributed by atoms with E-state index in [1.54, 1.807) is 24.3 Å². The zero-order valence-corrected chi connectivity index (χ0v) is 12.9. The van der Waals surface area contributed by atoms with E-state index in [1.807, 2.05) is 42.5 Å². The second-order valence-electron chi connectivity index (χ2n) is 5.30. The van der Waals surface area contributed by atoms with Crippen LogP contribution in [0.1, 0.15) is 5.56 Å². The Bertz CT molecular complexity index is 873. The van der Waals surface area contributed by atoms with Crippen LogP contribution in [0.2, 0.25) is 0 Å². The van der Waals surface area contributed by atoms with Crippen LogP contribution in [-0.4, -0.2) is 23.8 Å². The fourth-order valence-corrected chi connectivity index (χ4v) is 2.26. The van der Waals surface area contributed by atoms with Gasteiger partial charge in [0, 0.05) is 5.69 Å². The summed E-state index contributed by atoms with van der Waals surface area (Å²) in [7, 11) is 0. The van der Waals surface area contributed by atoms with Gasteiger partial charge in [0.2, 0.25) is 0 Å². The van der Waals surface area contributed by atoms with Crippen LogP contribution < -0.4 is 10.7 Å². The van der Waals surface area contributed by atoms with Crippen molar-refractivity contribution < 1.29 is 9.90 Å². The molecule has 0 bridgehead atoms. The van der Waals surface area contributed by atoms with E-state index in [0.29, 0.717) is 0 Å². The molecule has 0 aliphatic heterocycles. The number of nitrogens with zero attached hydrogens (tertiary/aromatic N) is 1. The van der Waals surface area contributed by atoms with E-state index in [2.05, 4.69) is 15.8 Å². The molecule has 0 unspecified atom stereocenters. The molecule has 3 N–H and O–H groups in total. The summed E-state index contributed by atoms with van der Waals surface area (Å²) in [4.78, 5) is 11.8. The van der Waals surface area contributed by atoms with Crippen LogP contribution in [-0.2, 0) is 4.79 Å². The lowest BCUT2D eigenvalue weighted by Gasteiger charge is -2.06. The maximum absolute atomic E-state index is 11.8. The molecule has 0 atom stereocenters. The number of fused-ring (bicyclic) bond motifs is 1. The number of nitrogens with one attached hydrogen (secondary N) is 2. The Labute approximate surface area is 139 Å². The number of hydrogen-bond donors (Lipinski definition) is 3. The van der Waals surface area contributed by atoms with Crippen LogP contribution in [0.5, 0.6) is 5.75 Å². The van der Waals surface area contributed by atoms with Gasteiger partial charge >= 0.3 is 0 Å². The molecule has 0 aliphatic carbocycles. The van der Waals surface area contributed by atoms with Crippen molar-refractivity contribution >= 4 is 28.6 Å². The summed E-state index contributed by atoms with van der Waals surface area (Å²) in [5, 5.41) is 18.4. The van der Waals surface area contributed by atoms with Crippen molar-refractivity contribution in [1.29, 1.82) is 0 Å². The Balaban J connectivity index is 1.52. The van der Waals surface area contributed by atoms with Gasteiger partial charge in [0.1, 0.15) is 5.75 Å². The Kier molecular flexibility index (Phi) is 4.72. The Hall–Kier alpha value is -3.34. The molecule has 0 aromatic heterocycles. The van der Waals surface area contributed by atoms with Crippen molar-refractivity contribution in [3.8, 4) is 5.75 Å². The fourth-order valence-electron chi connectivity index (χ4n) is 2.26. The molecule has 3 rings (SSSR count). The van der Waals surface area contributed by atoms with Crippen LogP contribution in [0.25, 0.3) is 10.8 Å². The first kappa shape index (κ1) is 15.6. The number of hydrogen-bond acceptors (Lipinski definition) is 4. The molecule has 0 fully saturated rings. The number of amides is 1. The number of anilines is 1. The SMILES string of the molecule is O=C(CNc1ccc2ccccc2c1)NN=Cc1ccc(O)cc1. The van der Waals surface area contributed by atoms with Crippen molar-refractivity contribution in [3.63, 3.8) is 0 Å². The normalized spacial score (nSPS) is 10.8. The fraction of sp³-hybridized carbons (Fsp3) is 0.0526. The van der Waals surface area contributed by atoms with E-state index in [9.17, 15) is 9.90 Å². The lowest BCUT2D eigenvalue weighted by molar-refractivity contribution is -0.119. The quantitative estimate of drug-likeness (QED) is 0.500. The summed E-state index contributed by atoms with van der Waals surface area (Å²) in [6, 6.07) is 20.5. The molecule has 0 saturated heterocycles. The Morgan fingerprint density at radius 1 is 1.00 bits per heavy atom. The second kappa shape index (κ2) is 7.28. The number of rotatable bonds is 5. The third-order valence-corrected chi connectivity index (χ3v) is 3.50. The van der Waals surface area contributed by atoms with Gasteiger partial charge < -0.3 is 10.4 Å². The molecule has 120 valence electrons. The molecule has 3 aromatic carbocycles. The van der Waals surface area contributed by atoms with Crippen molar-refractivity contribution in [2.24, 2.45) is 5.10 Å². The number of carbonyl (C=O) groups is 1. The highest BCUT2D eigenvalue weighted by atomic mass is 16.3. The number of phenols is 1. The third-order valence-electron chi connectivity index (χ3n) is 3.50. The predicted octanol–water partition coefficient (Wildman–Crippen LogP) is 3.11. The molecule has 0 heterocycles. The summed E-state index contributed by atoms with van der Waals surface area (Å²) < 4.78 is 0. The second-order valence-corrected chi connectivity index (χ2v) is 5.30. The number of benzene rings is 3. The molecule has 3 aromatic rings. The molecule has 24 heavy (non-hydrogen) atoms. The average molecular weight is 319 g/mol. The van der Waals surface area contributed by atoms with E-state index in [0.717, 1.165) is 22.0 Å². The van der Waals surface area contributed by atoms with Crippen LogP contribution in [0, 0.1) is 0 Å². The Morgan fingerprint density at radius 2 is 1.75 bits per heavy atom. The Morgan fingerprint density at radius 3 is 2.54 bits per heavy atom. The monoisotopic (exact) mass is 319 g/mol. The van der Waals surface area contributed by atoms with Crippen LogP contribution in [0.3, 0.4) is 0 Å². The van der Waals surface area contributed by atoms with Crippen molar-refractivity contribution in [2.45, 2.75) is 0 Å². The van der Waals surface area contributed by atoms with Crippen LogP contribution in [0.15, 0.2) is 71.8 Å². The smallest absolute Gasteiger partial charge is 0.259 e. The number of carbonyl (C=O) groups excluding carboxylic acids is 1. The highest BCUT2D eigenvalue weighted by Crippen LogP contribution is 2.18. The van der Waals surface area contributed by atoms with Gasteiger partial charge in [-0.2, -0.15) is 5.10 Å². The number of phenolic OH excluding ortho intramolecular Hbond substituents is 1. The van der Waals surface area contributed by atoms with Crippen LogP contribution in [0.4, 0.5) is 5.69 Å². The van der Waals surface area contributed by atoms with E-state index in [4.69, 9.17) is 0 Å². The molecule has 0 radical (unpaired) electrons. The average Bonchev–Trinajstić information content (AvgIpc) is 2.61. The predicted molar refractivity (Wildman–Crippen MR) is 96.3 cm³/mol. The topological polar surface area (TPSA) is 73.7 Å². The summed E-state index contributed by atoms with van der Waals surface area (Å²) >= 11 is 0. The molecule has 1 amide bonds. The highest BCUT2D eigenvalue weighted by molar-refractivity contribution is 5.87. The van der Waals surface area contributed by atoms with Gasteiger partial charge in [-0.05, 0) is 52.7 Å². The standard InChI is InChI=1S/C19H17N3O2/c23-18-9-5-14(6-10-18)12-21-22-19(24)13-20-17-8-7-15-3-1-2-4-16(15)11-17/h1-12,20,23H,13H2,(H,22,24). The summed E-state index contributed by atoms with van der Waals surface area (Å²) in [6.07, 6.45) is 1.52. The van der Waals surface area contributed by atoms with Gasteiger partial charge in [-0.1, -0.05) is 30.3 Å². The largest absolute Gasteiger partial charge is 0.508 e. The molecule has 0 aliphatic rings. The minimum atomic E-state index is -0.238.